The fourth-order valence-corrected chi connectivity index (χ4v) is 3.07. The second kappa shape index (κ2) is 33.9. The van der Waals surface area contributed by atoms with Crippen LogP contribution in [0.3, 0.4) is 0 Å². The van der Waals surface area contributed by atoms with Crippen molar-refractivity contribution >= 4 is 35.7 Å². The quantitative estimate of drug-likeness (QED) is 0.0376. The molecule has 0 saturated heterocycles. The Morgan fingerprint density at radius 1 is 0.674 bits per heavy atom. The zero-order chi connectivity index (χ0) is 36.6. The predicted molar refractivity (Wildman–Crippen MR) is 157 cm³/mol. The average molecular weight is 749 g/mol. The molecule has 0 aromatic rings. The first kappa shape index (κ1) is 51.8. The third-order valence-electron chi connectivity index (χ3n) is 4.32. The Balaban J connectivity index is -0.000000256. The second-order valence-electron chi connectivity index (χ2n) is 7.83. The predicted octanol–water partition coefficient (Wildman–Crippen LogP) is -0.632. The normalized spacial score (nSPS) is 14.5. The molecule has 0 fully saturated rings. The number of carboxylic acid groups (broad SMARTS) is 1. The van der Waals surface area contributed by atoms with Crippen molar-refractivity contribution in [1.82, 2.24) is 0 Å². The largest absolute Gasteiger partial charge is 0.505 e. The van der Waals surface area contributed by atoms with Crippen LogP contribution in [0.2, 0.25) is 0 Å². The molecule has 0 aliphatic carbocycles. The molecule has 5 unspecified atom stereocenters. The molecule has 0 bridgehead atoms. The summed E-state index contributed by atoms with van der Waals surface area (Å²) in [7, 11) is 2.90. The molecule has 0 saturated carbocycles. The molecule has 5 atom stereocenters. The van der Waals surface area contributed by atoms with Gasteiger partial charge in [-0.05, 0) is 0 Å². The Morgan fingerprint density at radius 3 is 1.30 bits per heavy atom. The lowest BCUT2D eigenvalue weighted by Crippen LogP contribution is -2.25. The Labute approximate surface area is 271 Å². The number of phosphoric ester groups is 1. The van der Waals surface area contributed by atoms with Gasteiger partial charge in [-0.25, -0.2) is 13.5 Å². The summed E-state index contributed by atoms with van der Waals surface area (Å²) in [5.41, 5.74) is 0. The van der Waals surface area contributed by atoms with Gasteiger partial charge in [0.2, 0.25) is 0 Å². The second-order valence-corrected chi connectivity index (χ2v) is 10.8. The topological polar surface area (TPSA) is 297 Å². The number of hydrogen-bond donors (Lipinski definition) is 5. The van der Waals surface area contributed by atoms with Gasteiger partial charge in [0.05, 0.1) is 46.2 Å². The summed E-state index contributed by atoms with van der Waals surface area (Å²) in [6, 6.07) is 0. The molecule has 25 heteroatoms. The summed E-state index contributed by atoms with van der Waals surface area (Å²) in [5, 5.41) is 8.11. The van der Waals surface area contributed by atoms with Crippen LogP contribution < -0.4 is 0 Å². The van der Waals surface area contributed by atoms with Crippen LogP contribution in [0.15, 0.2) is 0 Å². The van der Waals surface area contributed by atoms with Crippen LogP contribution in [0, 0.1) is 0 Å². The van der Waals surface area contributed by atoms with E-state index in [9.17, 15) is 22.0 Å². The molecule has 22 nitrogen and oxygen atoms in total. The molecule has 0 aromatic carbocycles. The monoisotopic (exact) mass is 748 g/mol. The van der Waals surface area contributed by atoms with Crippen LogP contribution in [-0.4, -0.2) is 177 Å². The minimum atomic E-state index is -4.39. The maximum Gasteiger partial charge on any atom is 0.505 e. The molecule has 0 rings (SSSR count). The van der Waals surface area contributed by atoms with Crippen LogP contribution in [0.4, 0.5) is 4.79 Å². The Kier molecular flexibility index (Phi) is 38.2. The van der Waals surface area contributed by atoms with Crippen molar-refractivity contribution in [1.29, 1.82) is 0 Å². The summed E-state index contributed by atoms with van der Waals surface area (Å²) in [4.78, 5) is 26.6. The van der Waals surface area contributed by atoms with Crippen LogP contribution in [0.5, 0.6) is 0 Å². The maximum atomic E-state index is 10.2. The molecule has 0 aliphatic rings. The molecule has 0 heterocycles. The average Bonchev–Trinajstić information content (AvgIpc) is 2.97. The third-order valence-corrected chi connectivity index (χ3v) is 5.58. The van der Waals surface area contributed by atoms with Gasteiger partial charge < -0.3 is 57.5 Å². The lowest BCUT2D eigenvalue weighted by molar-refractivity contribution is -0.0208. The first-order chi connectivity index (χ1) is 21.4. The lowest BCUT2D eigenvalue weighted by Gasteiger charge is -2.14. The van der Waals surface area contributed by atoms with E-state index >= 15 is 0 Å². The number of rotatable bonds is 23. The fourth-order valence-electron chi connectivity index (χ4n) is 2.12. The van der Waals surface area contributed by atoms with E-state index in [0.29, 0.717) is 13.2 Å². The molecule has 0 radical (unpaired) electrons. The van der Waals surface area contributed by atoms with Crippen molar-refractivity contribution in [3.63, 3.8) is 0 Å². The fraction of sp³-hybridized carbons (Fsp3) is 0.952. The van der Waals surface area contributed by atoms with E-state index in [1.807, 2.05) is 0 Å². The third kappa shape index (κ3) is 45.1. The number of hydrogen-bond acceptors (Lipinski definition) is 17. The van der Waals surface area contributed by atoms with E-state index in [-0.39, 0.29) is 51.8 Å². The molecule has 282 valence electrons. The van der Waals surface area contributed by atoms with E-state index in [1.165, 1.54) is 56.9 Å². The van der Waals surface area contributed by atoms with Gasteiger partial charge in [-0.3, -0.25) is 17.8 Å². The van der Waals surface area contributed by atoms with Crippen LogP contribution in [0.25, 0.3) is 0 Å². The standard InChI is InChI=1S/C6H12O5.C5H13O6P.C5H12O6S.C5H12O5S/c1-9-3-5(10-2)4-11-6(7)8;2*1-9-3-5(10-2)4-11-12(6,7)8;1-8-3-5(9-2)4-10-11(6)7/h5H,3-4H2,1-2H3,(H,7,8);5H,3-4H2,1-2H3,(H2,6,7,8);5H,3-4H2,1-2H3,(H,6,7,8);5H,3-4H2,1-2H3,(H,6,7). The highest BCUT2D eigenvalue weighted by Crippen LogP contribution is 2.35. The molecule has 0 aromatic heterocycles. The summed E-state index contributed by atoms with van der Waals surface area (Å²) < 4.78 is 112. The van der Waals surface area contributed by atoms with Gasteiger partial charge in [-0.15, -0.1) is 0 Å². The van der Waals surface area contributed by atoms with Crippen molar-refractivity contribution in [2.75, 3.05) is 110 Å². The van der Waals surface area contributed by atoms with E-state index in [2.05, 4.69) is 22.4 Å². The Bertz CT molecular complexity index is 831. The van der Waals surface area contributed by atoms with Gasteiger partial charge in [0, 0.05) is 56.9 Å². The van der Waals surface area contributed by atoms with E-state index < -0.39 is 47.9 Å². The zero-order valence-electron chi connectivity index (χ0n) is 26.9. The van der Waals surface area contributed by atoms with Gasteiger partial charge in [-0.1, -0.05) is 0 Å². The number of ether oxygens (including phenoxy) is 9. The number of phosphoric acid groups is 1. The first-order valence-corrected chi connectivity index (χ1v) is 16.3. The van der Waals surface area contributed by atoms with Crippen molar-refractivity contribution in [3.8, 4) is 0 Å². The minimum Gasteiger partial charge on any atom is -0.450 e. The van der Waals surface area contributed by atoms with Crippen molar-refractivity contribution in [2.45, 2.75) is 24.4 Å². The molecule has 46 heavy (non-hydrogen) atoms. The highest BCUT2D eigenvalue weighted by atomic mass is 32.3. The minimum absolute atomic E-state index is 0.000324. The van der Waals surface area contributed by atoms with Gasteiger partial charge in [0.15, 0.2) is 0 Å². The summed E-state index contributed by atoms with van der Waals surface area (Å²) in [6.07, 6.45) is -2.88. The Morgan fingerprint density at radius 2 is 1.02 bits per heavy atom. The number of methoxy groups -OCH3 is 8. The zero-order valence-corrected chi connectivity index (χ0v) is 29.4. The SMILES string of the molecule is COCC(COC(=O)O)OC.COCC(COP(=O)(O)O)OC.COCC(COS(=O)(=O)O)OC.COCC(COS(=O)O)OC. The summed E-state index contributed by atoms with van der Waals surface area (Å²) in [5.74, 6) is 0. The van der Waals surface area contributed by atoms with Crippen LogP contribution in [0.1, 0.15) is 0 Å². The lowest BCUT2D eigenvalue weighted by atomic mass is 10.4. The summed E-state index contributed by atoms with van der Waals surface area (Å²) >= 11 is -2.23. The van der Waals surface area contributed by atoms with Crippen molar-refractivity contribution in [2.24, 2.45) is 0 Å². The van der Waals surface area contributed by atoms with Crippen LogP contribution >= 0.6 is 7.82 Å². The smallest absolute Gasteiger partial charge is 0.450 e. The Hall–Kier alpha value is -1.00. The molecule has 5 N–H and O–H groups in total. The van der Waals surface area contributed by atoms with E-state index in [4.69, 9.17) is 57.2 Å². The highest BCUT2D eigenvalue weighted by Gasteiger charge is 2.17. The molecule has 0 aliphatic heterocycles. The van der Waals surface area contributed by atoms with Gasteiger partial charge in [0.25, 0.3) is 0 Å². The van der Waals surface area contributed by atoms with Crippen molar-refractivity contribution in [3.05, 3.63) is 0 Å². The first-order valence-electron chi connectivity index (χ1n) is 12.4. The summed E-state index contributed by atoms with van der Waals surface area (Å²) in [6.45, 7) is 0.699. The maximum absolute atomic E-state index is 10.2. The van der Waals surface area contributed by atoms with Crippen LogP contribution in [-0.2, 0) is 81.8 Å². The number of carbonyl (C=O) groups is 1. The van der Waals surface area contributed by atoms with Crippen molar-refractivity contribution < 1.29 is 102 Å². The molecular formula is C21H49O22PS2. The highest BCUT2D eigenvalue weighted by molar-refractivity contribution is 7.80. The van der Waals surface area contributed by atoms with Gasteiger partial charge >= 0.3 is 35.7 Å². The molecule has 0 amide bonds. The van der Waals surface area contributed by atoms with Gasteiger partial charge in [0.1, 0.15) is 31.0 Å². The molecule has 0 spiro atoms. The molecular weight excluding hydrogens is 699 g/mol. The van der Waals surface area contributed by atoms with E-state index in [1.54, 1.807) is 0 Å². The van der Waals surface area contributed by atoms with E-state index in [0.717, 1.165) is 0 Å². The van der Waals surface area contributed by atoms with Gasteiger partial charge in [-0.2, -0.15) is 12.6 Å².